The standard InChI is InChI=1S/C11H19NO2.ClH/c13-10(14)9-2-1-3-11(8-9)4-6-12-7-5-11;/h9,12H,1-8H2,(H,13,14);1H. The zero-order valence-corrected chi connectivity index (χ0v) is 9.81. The van der Waals surface area contributed by atoms with Crippen LogP contribution in [0.1, 0.15) is 38.5 Å². The Labute approximate surface area is 97.0 Å². The first kappa shape index (κ1) is 12.8. The van der Waals surface area contributed by atoms with Crippen LogP contribution in [0.25, 0.3) is 0 Å². The fourth-order valence-electron chi connectivity index (χ4n) is 3.07. The highest BCUT2D eigenvalue weighted by Gasteiger charge is 2.39. The molecule has 0 bridgehead atoms. The summed E-state index contributed by atoms with van der Waals surface area (Å²) in [6.07, 6.45) is 6.53. The second-order valence-corrected chi connectivity index (χ2v) is 4.88. The molecular formula is C11H20ClNO2. The van der Waals surface area contributed by atoms with Gasteiger partial charge in [0.2, 0.25) is 0 Å². The Hall–Kier alpha value is -0.280. The number of rotatable bonds is 1. The van der Waals surface area contributed by atoms with Crippen molar-refractivity contribution in [3.63, 3.8) is 0 Å². The number of carbonyl (C=O) groups is 1. The lowest BCUT2D eigenvalue weighted by molar-refractivity contribution is -0.144. The van der Waals surface area contributed by atoms with Crippen molar-refractivity contribution < 1.29 is 9.90 Å². The minimum absolute atomic E-state index is 0. The Balaban J connectivity index is 0.00000112. The van der Waals surface area contributed by atoms with Crippen LogP contribution in [0.15, 0.2) is 0 Å². The number of nitrogens with one attached hydrogen (secondary N) is 1. The van der Waals surface area contributed by atoms with E-state index in [4.69, 9.17) is 5.11 Å². The van der Waals surface area contributed by atoms with Crippen LogP contribution >= 0.6 is 12.4 Å². The molecule has 2 fully saturated rings. The Morgan fingerprint density at radius 1 is 1.27 bits per heavy atom. The van der Waals surface area contributed by atoms with E-state index in [9.17, 15) is 4.79 Å². The number of piperidine rings is 1. The number of halogens is 1. The molecule has 1 atom stereocenters. The minimum atomic E-state index is -0.581. The molecule has 1 saturated heterocycles. The quantitative estimate of drug-likeness (QED) is 0.729. The maximum atomic E-state index is 11.0. The van der Waals surface area contributed by atoms with Crippen LogP contribution in [0.4, 0.5) is 0 Å². The zero-order valence-electron chi connectivity index (χ0n) is 9.00. The van der Waals surface area contributed by atoms with Crippen molar-refractivity contribution in [1.82, 2.24) is 5.32 Å². The molecule has 1 aliphatic heterocycles. The molecule has 2 rings (SSSR count). The Bertz CT molecular complexity index is 221. The number of hydrogen-bond acceptors (Lipinski definition) is 2. The van der Waals surface area contributed by atoms with Crippen LogP contribution in [0.2, 0.25) is 0 Å². The van der Waals surface area contributed by atoms with E-state index < -0.39 is 5.97 Å². The first-order valence-corrected chi connectivity index (χ1v) is 5.65. The van der Waals surface area contributed by atoms with E-state index in [-0.39, 0.29) is 18.3 Å². The van der Waals surface area contributed by atoms with Gasteiger partial charge in [-0.1, -0.05) is 6.42 Å². The molecule has 1 heterocycles. The zero-order chi connectivity index (χ0) is 10.0. The summed E-state index contributed by atoms with van der Waals surface area (Å²) in [6.45, 7) is 2.15. The van der Waals surface area contributed by atoms with Crippen molar-refractivity contribution in [2.24, 2.45) is 11.3 Å². The van der Waals surface area contributed by atoms with E-state index in [1.165, 1.54) is 19.3 Å². The average molecular weight is 234 g/mol. The van der Waals surface area contributed by atoms with Gasteiger partial charge in [0, 0.05) is 0 Å². The molecule has 1 unspecified atom stereocenters. The fourth-order valence-corrected chi connectivity index (χ4v) is 3.07. The van der Waals surface area contributed by atoms with Gasteiger partial charge in [-0.15, -0.1) is 12.4 Å². The molecule has 88 valence electrons. The van der Waals surface area contributed by atoms with Gasteiger partial charge in [0.25, 0.3) is 0 Å². The fraction of sp³-hybridized carbons (Fsp3) is 0.909. The molecule has 4 heteroatoms. The van der Waals surface area contributed by atoms with Gasteiger partial charge in [-0.05, 0) is 50.6 Å². The topological polar surface area (TPSA) is 49.3 Å². The third kappa shape index (κ3) is 2.85. The third-order valence-electron chi connectivity index (χ3n) is 3.95. The highest BCUT2D eigenvalue weighted by atomic mass is 35.5. The summed E-state index contributed by atoms with van der Waals surface area (Å²) in [5.74, 6) is -0.649. The number of aliphatic carboxylic acids is 1. The van der Waals surface area contributed by atoms with Crippen LogP contribution in [-0.4, -0.2) is 24.2 Å². The normalized spacial score (nSPS) is 29.5. The summed E-state index contributed by atoms with van der Waals surface area (Å²) < 4.78 is 0. The first-order valence-electron chi connectivity index (χ1n) is 5.65. The maximum Gasteiger partial charge on any atom is 0.306 e. The molecule has 0 amide bonds. The van der Waals surface area contributed by atoms with Gasteiger partial charge >= 0.3 is 5.97 Å². The van der Waals surface area contributed by atoms with Crippen molar-refractivity contribution >= 4 is 18.4 Å². The average Bonchev–Trinajstić information content (AvgIpc) is 2.19. The van der Waals surface area contributed by atoms with Crippen LogP contribution in [0.3, 0.4) is 0 Å². The third-order valence-corrected chi connectivity index (χ3v) is 3.95. The second-order valence-electron chi connectivity index (χ2n) is 4.88. The van der Waals surface area contributed by atoms with E-state index in [1.54, 1.807) is 0 Å². The van der Waals surface area contributed by atoms with Crippen LogP contribution < -0.4 is 5.32 Å². The van der Waals surface area contributed by atoms with Gasteiger partial charge in [-0.2, -0.15) is 0 Å². The predicted molar refractivity (Wildman–Crippen MR) is 61.4 cm³/mol. The van der Waals surface area contributed by atoms with Gasteiger partial charge in [0.05, 0.1) is 5.92 Å². The van der Waals surface area contributed by atoms with E-state index in [0.29, 0.717) is 5.41 Å². The molecule has 3 nitrogen and oxygen atoms in total. The summed E-state index contributed by atoms with van der Waals surface area (Å²) >= 11 is 0. The van der Waals surface area contributed by atoms with Crippen LogP contribution in [0.5, 0.6) is 0 Å². The van der Waals surface area contributed by atoms with Crippen molar-refractivity contribution in [2.75, 3.05) is 13.1 Å². The van der Waals surface area contributed by atoms with Gasteiger partial charge in [-0.3, -0.25) is 4.79 Å². The lowest BCUT2D eigenvalue weighted by atomic mass is 9.65. The monoisotopic (exact) mass is 233 g/mol. The molecule has 0 aromatic carbocycles. The van der Waals surface area contributed by atoms with Crippen molar-refractivity contribution in [3.05, 3.63) is 0 Å². The summed E-state index contributed by atoms with van der Waals surface area (Å²) in [5.41, 5.74) is 0.368. The molecule has 1 spiro atoms. The Morgan fingerprint density at radius 2 is 1.93 bits per heavy atom. The summed E-state index contributed by atoms with van der Waals surface area (Å²) in [6, 6.07) is 0. The van der Waals surface area contributed by atoms with E-state index in [2.05, 4.69) is 5.32 Å². The lowest BCUT2D eigenvalue weighted by Crippen LogP contribution is -2.41. The molecule has 1 saturated carbocycles. The Morgan fingerprint density at radius 3 is 2.53 bits per heavy atom. The van der Waals surface area contributed by atoms with Crippen molar-refractivity contribution in [3.8, 4) is 0 Å². The van der Waals surface area contributed by atoms with Gasteiger partial charge in [0.15, 0.2) is 0 Å². The molecular weight excluding hydrogens is 214 g/mol. The first-order chi connectivity index (χ1) is 6.72. The van der Waals surface area contributed by atoms with Gasteiger partial charge < -0.3 is 10.4 Å². The van der Waals surface area contributed by atoms with Crippen LogP contribution in [0, 0.1) is 11.3 Å². The number of carboxylic acids is 1. The smallest absolute Gasteiger partial charge is 0.306 e. The number of carboxylic acid groups (broad SMARTS) is 1. The molecule has 0 aromatic heterocycles. The van der Waals surface area contributed by atoms with Crippen molar-refractivity contribution in [2.45, 2.75) is 38.5 Å². The summed E-state index contributed by atoms with van der Waals surface area (Å²) in [5, 5.41) is 12.4. The minimum Gasteiger partial charge on any atom is -0.481 e. The molecule has 0 radical (unpaired) electrons. The second kappa shape index (κ2) is 5.17. The molecule has 15 heavy (non-hydrogen) atoms. The van der Waals surface area contributed by atoms with Crippen molar-refractivity contribution in [1.29, 1.82) is 0 Å². The van der Waals surface area contributed by atoms with E-state index >= 15 is 0 Å². The highest BCUT2D eigenvalue weighted by Crippen LogP contribution is 2.45. The molecule has 1 aliphatic carbocycles. The summed E-state index contributed by atoms with van der Waals surface area (Å²) in [4.78, 5) is 11.0. The maximum absolute atomic E-state index is 11.0. The predicted octanol–water partition coefficient (Wildman–Crippen LogP) is 2.05. The Kier molecular flexibility index (Phi) is 4.41. The summed E-state index contributed by atoms with van der Waals surface area (Å²) in [7, 11) is 0. The van der Waals surface area contributed by atoms with Gasteiger partial charge in [-0.25, -0.2) is 0 Å². The van der Waals surface area contributed by atoms with Crippen LogP contribution in [-0.2, 0) is 4.79 Å². The number of hydrogen-bond donors (Lipinski definition) is 2. The molecule has 2 N–H and O–H groups in total. The lowest BCUT2D eigenvalue weighted by Gasteiger charge is -2.42. The molecule has 0 aromatic rings. The SMILES string of the molecule is Cl.O=C(O)C1CCCC2(CCNCC2)C1. The van der Waals surface area contributed by atoms with E-state index in [0.717, 1.165) is 32.4 Å². The van der Waals surface area contributed by atoms with E-state index in [1.807, 2.05) is 0 Å². The van der Waals surface area contributed by atoms with Gasteiger partial charge in [0.1, 0.15) is 0 Å². The largest absolute Gasteiger partial charge is 0.481 e. The molecule has 2 aliphatic rings. The highest BCUT2D eigenvalue weighted by molar-refractivity contribution is 5.85.